The number of rotatable bonds is 0. The zero-order valence-corrected chi connectivity index (χ0v) is 9.41. The van der Waals surface area contributed by atoms with E-state index in [1.54, 1.807) is 0 Å². The van der Waals surface area contributed by atoms with Crippen LogP contribution in [0, 0.1) is 6.92 Å². The van der Waals surface area contributed by atoms with Gasteiger partial charge in [-0.1, -0.05) is 12.1 Å². The van der Waals surface area contributed by atoms with E-state index in [1.165, 1.54) is 5.56 Å². The summed E-state index contributed by atoms with van der Waals surface area (Å²) in [6, 6.07) is 8.28. The third kappa shape index (κ3) is 1.19. The summed E-state index contributed by atoms with van der Waals surface area (Å²) in [5, 5.41) is 10.8. The third-order valence-corrected chi connectivity index (χ3v) is 3.09. The minimum absolute atomic E-state index is 0.818. The van der Waals surface area contributed by atoms with Crippen LogP contribution < -0.4 is 10.2 Å². The first-order valence-corrected chi connectivity index (χ1v) is 5.38. The molecule has 2 heterocycles. The molecule has 1 aromatic heterocycles. The van der Waals surface area contributed by atoms with Crippen molar-refractivity contribution < 1.29 is 0 Å². The minimum atomic E-state index is 0.818. The van der Waals surface area contributed by atoms with E-state index in [0.29, 0.717) is 0 Å². The molecule has 4 heteroatoms. The van der Waals surface area contributed by atoms with Gasteiger partial charge in [0.25, 0.3) is 0 Å². The van der Waals surface area contributed by atoms with Gasteiger partial charge in [0.15, 0.2) is 5.82 Å². The first-order valence-electron chi connectivity index (χ1n) is 5.38. The number of aromatic nitrogens is 2. The van der Waals surface area contributed by atoms with E-state index in [-0.39, 0.29) is 0 Å². The van der Waals surface area contributed by atoms with E-state index in [4.69, 9.17) is 0 Å². The Kier molecular flexibility index (Phi) is 1.89. The van der Waals surface area contributed by atoms with Crippen molar-refractivity contribution in [3.63, 3.8) is 0 Å². The Morgan fingerprint density at radius 3 is 3.00 bits per heavy atom. The van der Waals surface area contributed by atoms with Gasteiger partial charge in [0.1, 0.15) is 0 Å². The molecule has 0 saturated heterocycles. The van der Waals surface area contributed by atoms with Gasteiger partial charge in [-0.15, -0.1) is 0 Å². The van der Waals surface area contributed by atoms with Crippen LogP contribution in [0.2, 0.25) is 0 Å². The van der Waals surface area contributed by atoms with Gasteiger partial charge in [-0.25, -0.2) is 0 Å². The van der Waals surface area contributed by atoms with Crippen LogP contribution in [0.3, 0.4) is 0 Å². The summed E-state index contributed by atoms with van der Waals surface area (Å²) < 4.78 is 0. The van der Waals surface area contributed by atoms with Crippen molar-refractivity contribution in [2.75, 3.05) is 17.3 Å². The number of hydrogen-bond acceptors (Lipinski definition) is 3. The van der Waals surface area contributed by atoms with Crippen LogP contribution in [0.4, 0.5) is 17.2 Å². The second kappa shape index (κ2) is 3.27. The maximum absolute atomic E-state index is 4.36. The Balaban J connectivity index is 2.18. The number of para-hydroxylation sites is 2. The van der Waals surface area contributed by atoms with E-state index < -0.39 is 0 Å². The summed E-state index contributed by atoms with van der Waals surface area (Å²) in [6.45, 7) is 2.87. The van der Waals surface area contributed by atoms with E-state index >= 15 is 0 Å². The van der Waals surface area contributed by atoms with Gasteiger partial charge in [0.2, 0.25) is 0 Å². The van der Waals surface area contributed by atoms with Gasteiger partial charge in [-0.3, -0.25) is 5.10 Å². The fraction of sp³-hybridized carbons (Fsp3) is 0.250. The molecule has 1 aliphatic rings. The lowest BCUT2D eigenvalue weighted by Gasteiger charge is -2.17. The largest absolute Gasteiger partial charge is 0.379 e. The fourth-order valence-corrected chi connectivity index (χ4v) is 2.14. The molecular weight excluding hydrogens is 200 g/mol. The zero-order valence-electron chi connectivity index (χ0n) is 9.41. The van der Waals surface area contributed by atoms with E-state index in [0.717, 1.165) is 29.4 Å². The van der Waals surface area contributed by atoms with Gasteiger partial charge >= 0.3 is 0 Å². The van der Waals surface area contributed by atoms with E-state index in [1.807, 2.05) is 19.2 Å². The smallest absolute Gasteiger partial charge is 0.159 e. The van der Waals surface area contributed by atoms with Crippen LogP contribution in [0.1, 0.15) is 11.3 Å². The highest BCUT2D eigenvalue weighted by atomic mass is 15.3. The number of anilines is 3. The molecule has 82 valence electrons. The van der Waals surface area contributed by atoms with Crippen molar-refractivity contribution >= 4 is 17.2 Å². The van der Waals surface area contributed by atoms with Gasteiger partial charge in [0, 0.05) is 24.8 Å². The van der Waals surface area contributed by atoms with Crippen LogP contribution >= 0.6 is 0 Å². The van der Waals surface area contributed by atoms with Gasteiger partial charge in [0.05, 0.1) is 11.4 Å². The van der Waals surface area contributed by atoms with Crippen LogP contribution in [0.5, 0.6) is 0 Å². The van der Waals surface area contributed by atoms with E-state index in [2.05, 4.69) is 39.5 Å². The van der Waals surface area contributed by atoms with E-state index in [9.17, 15) is 0 Å². The first kappa shape index (κ1) is 9.27. The topological polar surface area (TPSA) is 44.0 Å². The molecule has 0 fully saturated rings. The number of hydrogen-bond donors (Lipinski definition) is 2. The number of nitrogens with one attached hydrogen (secondary N) is 2. The predicted octanol–water partition coefficient (Wildman–Crippen LogP) is 2.41. The average molecular weight is 214 g/mol. The summed E-state index contributed by atoms with van der Waals surface area (Å²) >= 11 is 0. The third-order valence-electron chi connectivity index (χ3n) is 3.09. The quantitative estimate of drug-likeness (QED) is 0.707. The number of aryl methyl sites for hydroxylation is 1. The van der Waals surface area contributed by atoms with Crippen molar-refractivity contribution in [2.24, 2.45) is 0 Å². The monoisotopic (exact) mass is 214 g/mol. The van der Waals surface area contributed by atoms with Crippen molar-refractivity contribution in [1.82, 2.24) is 10.2 Å². The van der Waals surface area contributed by atoms with Gasteiger partial charge in [-0.05, 0) is 19.1 Å². The maximum atomic E-state index is 4.36. The highest BCUT2D eigenvalue weighted by Crippen LogP contribution is 2.35. The lowest BCUT2D eigenvalue weighted by Crippen LogP contribution is -2.10. The molecule has 0 atom stereocenters. The molecule has 16 heavy (non-hydrogen) atoms. The van der Waals surface area contributed by atoms with Crippen molar-refractivity contribution in [1.29, 1.82) is 0 Å². The molecular formula is C12H14N4. The highest BCUT2D eigenvalue weighted by Gasteiger charge is 2.20. The van der Waals surface area contributed by atoms with Crippen LogP contribution in [-0.2, 0) is 6.54 Å². The molecule has 0 saturated carbocycles. The van der Waals surface area contributed by atoms with Crippen LogP contribution in [0.15, 0.2) is 24.3 Å². The maximum Gasteiger partial charge on any atom is 0.159 e. The standard InChI is InChI=1S/C12H14N4/c1-8-9-7-13-10-5-3-4-6-11(10)16(2)12(9)15-14-8/h3-6,13H,7H2,1-2H3,(H,14,15). The minimum Gasteiger partial charge on any atom is -0.379 e. The summed E-state index contributed by atoms with van der Waals surface area (Å²) in [5.41, 5.74) is 4.68. The lowest BCUT2D eigenvalue weighted by molar-refractivity contribution is 1.01. The summed E-state index contributed by atoms with van der Waals surface area (Å²) in [4.78, 5) is 2.12. The first-order chi connectivity index (χ1) is 7.77. The Labute approximate surface area is 94.3 Å². The molecule has 0 unspecified atom stereocenters. The van der Waals surface area contributed by atoms with Crippen molar-refractivity contribution in [3.8, 4) is 0 Å². The molecule has 3 rings (SSSR count). The molecule has 0 amide bonds. The van der Waals surface area contributed by atoms with Crippen LogP contribution in [0.25, 0.3) is 0 Å². The Morgan fingerprint density at radius 2 is 2.12 bits per heavy atom. The second-order valence-electron chi connectivity index (χ2n) is 4.08. The van der Waals surface area contributed by atoms with Crippen molar-refractivity contribution in [3.05, 3.63) is 35.5 Å². The number of H-pyrrole nitrogens is 1. The molecule has 0 bridgehead atoms. The summed E-state index contributed by atoms with van der Waals surface area (Å²) in [7, 11) is 2.05. The highest BCUT2D eigenvalue weighted by molar-refractivity contribution is 5.78. The molecule has 0 aliphatic carbocycles. The molecule has 1 aromatic carbocycles. The number of benzene rings is 1. The van der Waals surface area contributed by atoms with Crippen molar-refractivity contribution in [2.45, 2.75) is 13.5 Å². The average Bonchev–Trinajstić information content (AvgIpc) is 2.60. The molecule has 2 aromatic rings. The zero-order chi connectivity index (χ0) is 11.1. The number of aromatic amines is 1. The summed E-state index contributed by atoms with van der Waals surface area (Å²) in [5.74, 6) is 1.01. The Bertz CT molecular complexity index is 530. The Hall–Kier alpha value is -1.97. The number of nitrogens with zero attached hydrogens (tertiary/aromatic N) is 2. The summed E-state index contributed by atoms with van der Waals surface area (Å²) in [6.07, 6.45) is 0. The van der Waals surface area contributed by atoms with Crippen LogP contribution in [-0.4, -0.2) is 17.2 Å². The van der Waals surface area contributed by atoms with Gasteiger partial charge in [-0.2, -0.15) is 5.10 Å². The normalized spacial score (nSPS) is 13.8. The predicted molar refractivity (Wildman–Crippen MR) is 65.2 cm³/mol. The molecule has 4 nitrogen and oxygen atoms in total. The van der Waals surface area contributed by atoms with Gasteiger partial charge < -0.3 is 10.2 Å². The fourth-order valence-electron chi connectivity index (χ4n) is 2.14. The number of fused-ring (bicyclic) bond motifs is 2. The second-order valence-corrected chi connectivity index (χ2v) is 4.08. The SMILES string of the molecule is Cc1[nH]nc2c1CNc1ccccc1N2C. The lowest BCUT2D eigenvalue weighted by atomic mass is 10.2. The molecule has 2 N–H and O–H groups in total. The molecule has 0 radical (unpaired) electrons. The Morgan fingerprint density at radius 1 is 1.31 bits per heavy atom. The molecule has 1 aliphatic heterocycles. The molecule has 0 spiro atoms.